The number of carbonyl (C=O) groups is 1. The summed E-state index contributed by atoms with van der Waals surface area (Å²) in [6.07, 6.45) is 1.61. The van der Waals surface area contributed by atoms with Crippen LogP contribution in [0.5, 0.6) is 0 Å². The molecule has 0 aliphatic rings. The molecule has 0 aliphatic heterocycles. The van der Waals surface area contributed by atoms with Crippen LogP contribution < -0.4 is 5.32 Å². The summed E-state index contributed by atoms with van der Waals surface area (Å²) in [5.41, 5.74) is 2.13. The van der Waals surface area contributed by atoms with Crippen molar-refractivity contribution < 1.29 is 14.3 Å². The Morgan fingerprint density at radius 2 is 2.00 bits per heavy atom. The standard InChI is InChI=1S/C16H11FN2O2/c17-11-4-5-14-13(9-11)15(6-7-18-14)19-12-3-1-2-10(8-12)16(20)21/h1-9H,(H,18,19)(H,20,21). The number of rotatable bonds is 3. The molecule has 4 nitrogen and oxygen atoms in total. The van der Waals surface area contributed by atoms with Crippen LogP contribution in [0.3, 0.4) is 0 Å². The van der Waals surface area contributed by atoms with E-state index in [0.717, 1.165) is 0 Å². The van der Waals surface area contributed by atoms with Crippen molar-refractivity contribution in [2.24, 2.45) is 0 Å². The van der Waals surface area contributed by atoms with Crippen molar-refractivity contribution in [2.45, 2.75) is 0 Å². The Morgan fingerprint density at radius 1 is 1.14 bits per heavy atom. The summed E-state index contributed by atoms with van der Waals surface area (Å²) >= 11 is 0. The number of aromatic nitrogens is 1. The Labute approximate surface area is 119 Å². The number of benzene rings is 2. The highest BCUT2D eigenvalue weighted by molar-refractivity contribution is 5.94. The van der Waals surface area contributed by atoms with Crippen LogP contribution in [-0.2, 0) is 0 Å². The third-order valence-electron chi connectivity index (χ3n) is 3.09. The topological polar surface area (TPSA) is 62.2 Å². The van der Waals surface area contributed by atoms with Gasteiger partial charge in [-0.3, -0.25) is 4.98 Å². The van der Waals surface area contributed by atoms with Crippen molar-refractivity contribution in [1.29, 1.82) is 0 Å². The number of fused-ring (bicyclic) bond motifs is 1. The molecular weight excluding hydrogens is 271 g/mol. The van der Waals surface area contributed by atoms with Gasteiger partial charge in [0, 0.05) is 23.0 Å². The van der Waals surface area contributed by atoms with Gasteiger partial charge in [-0.2, -0.15) is 0 Å². The maximum atomic E-state index is 13.4. The molecule has 0 saturated carbocycles. The summed E-state index contributed by atoms with van der Waals surface area (Å²) in [5.74, 6) is -1.35. The van der Waals surface area contributed by atoms with Crippen molar-refractivity contribution in [3.05, 3.63) is 66.1 Å². The summed E-state index contributed by atoms with van der Waals surface area (Å²) < 4.78 is 13.4. The van der Waals surface area contributed by atoms with Gasteiger partial charge in [-0.05, 0) is 42.5 Å². The van der Waals surface area contributed by atoms with Gasteiger partial charge in [0.05, 0.1) is 11.1 Å². The molecule has 0 atom stereocenters. The molecule has 104 valence electrons. The van der Waals surface area contributed by atoms with Crippen LogP contribution in [0.1, 0.15) is 10.4 Å². The SMILES string of the molecule is O=C(O)c1cccc(Nc2ccnc3ccc(F)cc23)c1. The normalized spacial score (nSPS) is 10.5. The van der Waals surface area contributed by atoms with Gasteiger partial charge in [-0.25, -0.2) is 9.18 Å². The molecule has 2 N–H and O–H groups in total. The van der Waals surface area contributed by atoms with Gasteiger partial charge in [0.2, 0.25) is 0 Å². The highest BCUT2D eigenvalue weighted by Crippen LogP contribution is 2.26. The van der Waals surface area contributed by atoms with Crippen LogP contribution in [0.15, 0.2) is 54.7 Å². The molecule has 1 aromatic heterocycles. The fraction of sp³-hybridized carbons (Fsp3) is 0. The van der Waals surface area contributed by atoms with Gasteiger partial charge in [0.15, 0.2) is 0 Å². The van der Waals surface area contributed by atoms with E-state index in [0.29, 0.717) is 22.3 Å². The zero-order valence-corrected chi connectivity index (χ0v) is 10.9. The zero-order valence-electron chi connectivity index (χ0n) is 10.9. The van der Waals surface area contributed by atoms with E-state index in [1.807, 2.05) is 0 Å². The van der Waals surface area contributed by atoms with Crippen LogP contribution in [0.4, 0.5) is 15.8 Å². The van der Waals surface area contributed by atoms with E-state index < -0.39 is 5.97 Å². The van der Waals surface area contributed by atoms with Crippen molar-refractivity contribution in [1.82, 2.24) is 4.98 Å². The molecule has 21 heavy (non-hydrogen) atoms. The van der Waals surface area contributed by atoms with Gasteiger partial charge in [-0.15, -0.1) is 0 Å². The molecule has 1 heterocycles. The maximum absolute atomic E-state index is 13.4. The molecule has 3 aromatic rings. The monoisotopic (exact) mass is 282 g/mol. The molecular formula is C16H11FN2O2. The van der Waals surface area contributed by atoms with Gasteiger partial charge in [0.1, 0.15) is 5.82 Å². The average molecular weight is 282 g/mol. The van der Waals surface area contributed by atoms with Crippen LogP contribution in [0.25, 0.3) is 10.9 Å². The van der Waals surface area contributed by atoms with Crippen LogP contribution >= 0.6 is 0 Å². The fourth-order valence-corrected chi connectivity index (χ4v) is 2.11. The molecule has 3 rings (SSSR count). The lowest BCUT2D eigenvalue weighted by molar-refractivity contribution is 0.0697. The van der Waals surface area contributed by atoms with E-state index in [2.05, 4.69) is 10.3 Å². The number of aromatic carboxylic acids is 1. The number of carboxylic acid groups (broad SMARTS) is 1. The van der Waals surface area contributed by atoms with Gasteiger partial charge in [-0.1, -0.05) is 6.07 Å². The number of nitrogens with zero attached hydrogens (tertiary/aromatic N) is 1. The summed E-state index contributed by atoms with van der Waals surface area (Å²) in [5, 5.41) is 12.7. The minimum Gasteiger partial charge on any atom is -0.478 e. The van der Waals surface area contributed by atoms with Crippen LogP contribution in [-0.4, -0.2) is 16.1 Å². The highest BCUT2D eigenvalue weighted by atomic mass is 19.1. The molecule has 0 bridgehead atoms. The Bertz CT molecular complexity index is 833. The van der Waals surface area contributed by atoms with E-state index in [1.165, 1.54) is 24.3 Å². The maximum Gasteiger partial charge on any atom is 0.335 e. The molecule has 0 spiro atoms. The first-order valence-corrected chi connectivity index (χ1v) is 6.28. The smallest absolute Gasteiger partial charge is 0.335 e. The lowest BCUT2D eigenvalue weighted by Gasteiger charge is -2.10. The Kier molecular flexibility index (Phi) is 3.23. The fourth-order valence-electron chi connectivity index (χ4n) is 2.11. The number of hydrogen-bond donors (Lipinski definition) is 2. The highest BCUT2D eigenvalue weighted by Gasteiger charge is 2.06. The minimum absolute atomic E-state index is 0.185. The van der Waals surface area contributed by atoms with Crippen molar-refractivity contribution in [2.75, 3.05) is 5.32 Å². The Hall–Kier alpha value is -2.95. The first-order valence-electron chi connectivity index (χ1n) is 6.28. The predicted octanol–water partition coefficient (Wildman–Crippen LogP) is 3.82. The molecule has 0 saturated heterocycles. The molecule has 0 radical (unpaired) electrons. The van der Waals surface area contributed by atoms with E-state index in [-0.39, 0.29) is 11.4 Å². The molecule has 0 unspecified atom stereocenters. The van der Waals surface area contributed by atoms with Gasteiger partial charge in [0.25, 0.3) is 0 Å². The molecule has 0 fully saturated rings. The number of carboxylic acids is 1. The third-order valence-corrected chi connectivity index (χ3v) is 3.09. The van der Waals surface area contributed by atoms with E-state index in [1.54, 1.807) is 30.5 Å². The number of halogens is 1. The number of hydrogen-bond acceptors (Lipinski definition) is 3. The number of anilines is 2. The van der Waals surface area contributed by atoms with E-state index in [4.69, 9.17) is 5.11 Å². The molecule has 5 heteroatoms. The number of nitrogens with one attached hydrogen (secondary N) is 1. The van der Waals surface area contributed by atoms with Gasteiger partial charge >= 0.3 is 5.97 Å². The summed E-state index contributed by atoms with van der Waals surface area (Å²) in [6, 6.07) is 12.5. The lowest BCUT2D eigenvalue weighted by Crippen LogP contribution is -1.98. The molecule has 2 aromatic carbocycles. The summed E-state index contributed by atoms with van der Waals surface area (Å²) in [6.45, 7) is 0. The second kappa shape index (κ2) is 5.20. The minimum atomic E-state index is -0.996. The van der Waals surface area contributed by atoms with E-state index in [9.17, 15) is 9.18 Å². The largest absolute Gasteiger partial charge is 0.478 e. The lowest BCUT2D eigenvalue weighted by atomic mass is 10.1. The second-order valence-electron chi connectivity index (χ2n) is 4.53. The predicted molar refractivity (Wildman–Crippen MR) is 78.4 cm³/mol. The number of pyridine rings is 1. The zero-order chi connectivity index (χ0) is 14.8. The summed E-state index contributed by atoms with van der Waals surface area (Å²) in [4.78, 5) is 15.1. The Morgan fingerprint density at radius 3 is 2.81 bits per heavy atom. The second-order valence-corrected chi connectivity index (χ2v) is 4.53. The quantitative estimate of drug-likeness (QED) is 0.766. The average Bonchev–Trinajstić information content (AvgIpc) is 2.48. The first-order chi connectivity index (χ1) is 10.1. The Balaban J connectivity index is 2.04. The van der Waals surface area contributed by atoms with Crippen molar-refractivity contribution in [3.8, 4) is 0 Å². The molecule has 0 aliphatic carbocycles. The van der Waals surface area contributed by atoms with Crippen molar-refractivity contribution in [3.63, 3.8) is 0 Å². The third kappa shape index (κ3) is 2.67. The van der Waals surface area contributed by atoms with Crippen LogP contribution in [0.2, 0.25) is 0 Å². The van der Waals surface area contributed by atoms with Gasteiger partial charge < -0.3 is 10.4 Å². The first kappa shape index (κ1) is 13.1. The summed E-state index contributed by atoms with van der Waals surface area (Å²) in [7, 11) is 0. The van der Waals surface area contributed by atoms with Crippen LogP contribution in [0, 0.1) is 5.82 Å². The molecule has 0 amide bonds. The van der Waals surface area contributed by atoms with E-state index >= 15 is 0 Å². The van der Waals surface area contributed by atoms with Crippen molar-refractivity contribution >= 4 is 28.2 Å².